The van der Waals surface area contributed by atoms with Crippen LogP contribution < -0.4 is 11.1 Å². The highest BCUT2D eigenvalue weighted by atomic mass is 32.1. The van der Waals surface area contributed by atoms with Gasteiger partial charge in [0.25, 0.3) is 5.91 Å². The third kappa shape index (κ3) is 5.67. The number of aliphatic hydroxyl groups is 2. The molecule has 1 aliphatic carbocycles. The van der Waals surface area contributed by atoms with E-state index >= 15 is 0 Å². The number of hydrogen-bond donors (Lipinski definition) is 4. The van der Waals surface area contributed by atoms with Gasteiger partial charge in [0.2, 0.25) is 0 Å². The van der Waals surface area contributed by atoms with Crippen molar-refractivity contribution in [1.82, 2.24) is 4.98 Å². The van der Waals surface area contributed by atoms with E-state index in [1.807, 2.05) is 0 Å². The molecule has 0 radical (unpaired) electrons. The van der Waals surface area contributed by atoms with E-state index < -0.39 is 29.2 Å². The summed E-state index contributed by atoms with van der Waals surface area (Å²) in [4.78, 5) is 16.7. The molecule has 2 atom stereocenters. The maximum atomic E-state index is 14.9. The van der Waals surface area contributed by atoms with Gasteiger partial charge in [-0.25, -0.2) is 13.8 Å². The summed E-state index contributed by atoms with van der Waals surface area (Å²) in [5.41, 5.74) is 4.56. The SMILES string of the molecule is CC(C)(O)c1cc(F)c(-c2cc(C(N)=O)c(Nc3cccc(CO[C@@H]4CCC[C@@H]4O)n3)s2)c(F)c1. The Bertz CT molecular complexity index is 1220. The molecule has 0 saturated heterocycles. The smallest absolute Gasteiger partial charge is 0.251 e. The number of aliphatic hydroxyl groups excluding tert-OH is 1. The Morgan fingerprint density at radius 2 is 1.97 bits per heavy atom. The molecule has 1 aromatic carbocycles. The van der Waals surface area contributed by atoms with E-state index in [0.717, 1.165) is 42.7 Å². The molecular formula is C25H27F2N3O4S. The van der Waals surface area contributed by atoms with Gasteiger partial charge in [0, 0.05) is 4.88 Å². The number of thiophene rings is 1. The van der Waals surface area contributed by atoms with Gasteiger partial charge >= 0.3 is 0 Å². The minimum absolute atomic E-state index is 0.0629. The van der Waals surface area contributed by atoms with Crippen LogP contribution in [0.1, 0.15) is 54.7 Å². The fraction of sp³-hybridized carbons (Fsp3) is 0.360. The lowest BCUT2D eigenvalue weighted by Gasteiger charge is -2.18. The van der Waals surface area contributed by atoms with Gasteiger partial charge in [-0.2, -0.15) is 0 Å². The number of carbonyl (C=O) groups is 1. The van der Waals surface area contributed by atoms with Crippen molar-refractivity contribution in [2.75, 3.05) is 5.32 Å². The van der Waals surface area contributed by atoms with E-state index in [9.17, 15) is 23.8 Å². The number of nitrogens with one attached hydrogen (secondary N) is 1. The number of pyridine rings is 1. The number of ether oxygens (including phenoxy) is 1. The number of amides is 1. The second-order valence-electron chi connectivity index (χ2n) is 9.08. The van der Waals surface area contributed by atoms with Gasteiger partial charge in [-0.05, 0) is 69.0 Å². The van der Waals surface area contributed by atoms with E-state index in [1.54, 1.807) is 18.2 Å². The van der Waals surface area contributed by atoms with E-state index in [2.05, 4.69) is 10.3 Å². The molecule has 1 aliphatic rings. The third-order valence-electron chi connectivity index (χ3n) is 5.90. The summed E-state index contributed by atoms with van der Waals surface area (Å²) < 4.78 is 35.5. The molecule has 5 N–H and O–H groups in total. The lowest BCUT2D eigenvalue weighted by Crippen LogP contribution is -2.22. The molecular weight excluding hydrogens is 476 g/mol. The number of nitrogens with zero attached hydrogens (tertiary/aromatic N) is 1. The molecule has 1 saturated carbocycles. The number of halogens is 2. The molecule has 4 rings (SSSR count). The van der Waals surface area contributed by atoms with E-state index in [0.29, 0.717) is 11.5 Å². The van der Waals surface area contributed by atoms with Crippen LogP contribution in [0.5, 0.6) is 0 Å². The Hall–Kier alpha value is -2.92. The Morgan fingerprint density at radius 3 is 2.57 bits per heavy atom. The first kappa shape index (κ1) is 25.2. The van der Waals surface area contributed by atoms with Crippen molar-refractivity contribution >= 4 is 28.1 Å². The van der Waals surface area contributed by atoms with E-state index in [1.165, 1.54) is 19.9 Å². The lowest BCUT2D eigenvalue weighted by atomic mass is 9.96. The topological polar surface area (TPSA) is 118 Å². The number of primary amides is 1. The molecule has 0 unspecified atom stereocenters. The fourth-order valence-electron chi connectivity index (χ4n) is 3.99. The number of nitrogens with two attached hydrogens (primary N) is 1. The molecule has 0 aliphatic heterocycles. The average molecular weight is 504 g/mol. The van der Waals surface area contributed by atoms with Crippen LogP contribution in [-0.4, -0.2) is 33.3 Å². The van der Waals surface area contributed by atoms with Crippen LogP contribution in [0.15, 0.2) is 36.4 Å². The van der Waals surface area contributed by atoms with Crippen molar-refractivity contribution in [3.8, 4) is 10.4 Å². The molecule has 2 aromatic heterocycles. The zero-order valence-electron chi connectivity index (χ0n) is 19.3. The number of aromatic nitrogens is 1. The number of carbonyl (C=O) groups excluding carboxylic acids is 1. The molecule has 10 heteroatoms. The molecule has 1 amide bonds. The van der Waals surface area contributed by atoms with Crippen molar-refractivity contribution in [3.05, 3.63) is 64.9 Å². The van der Waals surface area contributed by atoms with Gasteiger partial charge in [-0.1, -0.05) is 6.07 Å². The number of anilines is 2. The van der Waals surface area contributed by atoms with Crippen LogP contribution in [0.25, 0.3) is 10.4 Å². The van der Waals surface area contributed by atoms with Crippen LogP contribution in [0.2, 0.25) is 0 Å². The third-order valence-corrected chi connectivity index (χ3v) is 6.97. The summed E-state index contributed by atoms with van der Waals surface area (Å²) >= 11 is 0.959. The minimum Gasteiger partial charge on any atom is -0.390 e. The van der Waals surface area contributed by atoms with Crippen molar-refractivity contribution in [3.63, 3.8) is 0 Å². The number of benzene rings is 1. The molecule has 3 aromatic rings. The largest absolute Gasteiger partial charge is 0.390 e. The van der Waals surface area contributed by atoms with Gasteiger partial charge in [-0.15, -0.1) is 11.3 Å². The van der Waals surface area contributed by atoms with Crippen molar-refractivity contribution in [1.29, 1.82) is 0 Å². The van der Waals surface area contributed by atoms with Gasteiger partial charge in [0.1, 0.15) is 22.5 Å². The van der Waals surface area contributed by atoms with E-state index in [4.69, 9.17) is 10.5 Å². The van der Waals surface area contributed by atoms with Crippen LogP contribution in [-0.2, 0) is 16.9 Å². The highest BCUT2D eigenvalue weighted by molar-refractivity contribution is 7.20. The van der Waals surface area contributed by atoms with Gasteiger partial charge in [0.05, 0.1) is 41.2 Å². The molecule has 0 bridgehead atoms. The zero-order valence-corrected chi connectivity index (χ0v) is 20.2. The zero-order chi connectivity index (χ0) is 25.3. The van der Waals surface area contributed by atoms with E-state index in [-0.39, 0.29) is 39.3 Å². The molecule has 1 fully saturated rings. The van der Waals surface area contributed by atoms with Crippen LogP contribution in [0.3, 0.4) is 0 Å². The van der Waals surface area contributed by atoms with Crippen molar-refractivity contribution in [2.24, 2.45) is 5.73 Å². The second-order valence-corrected chi connectivity index (χ2v) is 10.1. The molecule has 7 nitrogen and oxygen atoms in total. The highest BCUT2D eigenvalue weighted by Gasteiger charge is 2.26. The normalized spacial score (nSPS) is 18.1. The number of rotatable bonds is 8. The summed E-state index contributed by atoms with van der Waals surface area (Å²) in [5, 5.41) is 23.3. The Morgan fingerprint density at radius 1 is 1.26 bits per heavy atom. The summed E-state index contributed by atoms with van der Waals surface area (Å²) in [5.74, 6) is -2.10. The Balaban J connectivity index is 1.59. The average Bonchev–Trinajstić information content (AvgIpc) is 3.37. The Labute approximate surface area is 205 Å². The Kier molecular flexibility index (Phi) is 7.18. The molecule has 2 heterocycles. The van der Waals surface area contributed by atoms with Gasteiger partial charge in [0.15, 0.2) is 0 Å². The summed E-state index contributed by atoms with van der Waals surface area (Å²) in [6.45, 7) is 3.07. The van der Waals surface area contributed by atoms with Crippen LogP contribution in [0, 0.1) is 11.6 Å². The molecule has 186 valence electrons. The van der Waals surface area contributed by atoms with Gasteiger partial charge < -0.3 is 26.0 Å². The molecule has 0 spiro atoms. The summed E-state index contributed by atoms with van der Waals surface area (Å²) in [6.07, 6.45) is 1.74. The minimum atomic E-state index is -1.42. The summed E-state index contributed by atoms with van der Waals surface area (Å²) in [6, 6.07) is 8.68. The van der Waals surface area contributed by atoms with Crippen LogP contribution in [0.4, 0.5) is 19.6 Å². The standard InChI is InChI=1S/C25H27F2N3O4S/c1-25(2,33)13-9-16(26)22(17(27)10-13)20-11-15(23(28)32)24(35-20)30-21-8-3-5-14(29-21)12-34-19-7-4-6-18(19)31/h3,5,8-11,18-19,31,33H,4,6-7,12H2,1-2H3,(H2,28,32)(H,29,30)/t18-,19+/m0/s1. The van der Waals surface area contributed by atoms with Crippen molar-refractivity contribution < 1.29 is 28.5 Å². The van der Waals surface area contributed by atoms with Crippen molar-refractivity contribution in [2.45, 2.75) is 57.5 Å². The first-order chi connectivity index (χ1) is 16.5. The second kappa shape index (κ2) is 9.98. The predicted molar refractivity (Wildman–Crippen MR) is 129 cm³/mol. The maximum Gasteiger partial charge on any atom is 0.251 e. The predicted octanol–water partition coefficient (Wildman–Crippen LogP) is 4.59. The van der Waals surface area contributed by atoms with Crippen LogP contribution >= 0.6 is 11.3 Å². The lowest BCUT2D eigenvalue weighted by molar-refractivity contribution is -0.0283. The monoisotopic (exact) mass is 503 g/mol. The highest BCUT2D eigenvalue weighted by Crippen LogP contribution is 2.40. The number of hydrogen-bond acceptors (Lipinski definition) is 7. The first-order valence-electron chi connectivity index (χ1n) is 11.2. The first-order valence-corrected chi connectivity index (χ1v) is 12.0. The molecule has 35 heavy (non-hydrogen) atoms. The van der Waals surface area contributed by atoms with Gasteiger partial charge in [-0.3, -0.25) is 4.79 Å². The maximum absolute atomic E-state index is 14.9. The summed E-state index contributed by atoms with van der Waals surface area (Å²) in [7, 11) is 0. The fourth-order valence-corrected chi connectivity index (χ4v) is 5.11. The quantitative estimate of drug-likeness (QED) is 0.357.